The Morgan fingerprint density at radius 2 is 1.84 bits per heavy atom. The Morgan fingerprint density at radius 3 is 2.41 bits per heavy atom. The first-order valence-corrected chi connectivity index (χ1v) is 13.2. The first-order chi connectivity index (χ1) is 14.8. The van der Waals surface area contributed by atoms with Crippen LogP contribution < -0.4 is 10.6 Å². The van der Waals surface area contributed by atoms with Crippen LogP contribution in [0.15, 0.2) is 0 Å². The molecule has 10 nitrogen and oxygen atoms in total. The van der Waals surface area contributed by atoms with Crippen LogP contribution in [0.3, 0.4) is 0 Å². The maximum Gasteiger partial charge on any atom is 0.332 e. The van der Waals surface area contributed by atoms with Gasteiger partial charge in [0.05, 0.1) is 25.8 Å². The summed E-state index contributed by atoms with van der Waals surface area (Å²) >= 11 is 1.12. The number of methoxy groups -OCH3 is 1. The van der Waals surface area contributed by atoms with Crippen LogP contribution in [0, 0.1) is 17.3 Å². The number of hydrogen-bond acceptors (Lipinski definition) is 9. The summed E-state index contributed by atoms with van der Waals surface area (Å²) in [6.45, 7) is 9.00. The minimum atomic E-state index is -3.73. The first-order valence-electron chi connectivity index (χ1n) is 10.5. The fourth-order valence-corrected chi connectivity index (χ4v) is 6.02. The van der Waals surface area contributed by atoms with Gasteiger partial charge in [0, 0.05) is 37.6 Å². The molecule has 1 saturated heterocycles. The second-order valence-corrected chi connectivity index (χ2v) is 12.0. The topological polar surface area (TPSA) is 137 Å². The number of hydrogen-bond donors (Lipinski definition) is 2. The highest BCUT2D eigenvalue weighted by Gasteiger charge is 2.49. The Morgan fingerprint density at radius 1 is 1.19 bits per heavy atom. The number of carbonyl (C=O) groups excluding carboxylic acids is 4. The molecule has 0 aromatic rings. The number of amides is 2. The Balaban J connectivity index is 2.65. The molecule has 0 spiro atoms. The normalized spacial score (nSPS) is 23.3. The molecule has 2 N–H and O–H groups in total. The average Bonchev–Trinajstić information content (AvgIpc) is 2.70. The molecule has 1 rings (SSSR count). The fraction of sp³-hybridized carbons (Fsp3) is 0.800. The van der Waals surface area contributed by atoms with Gasteiger partial charge in [0.2, 0.25) is 11.8 Å². The Kier molecular flexibility index (Phi) is 11.4. The van der Waals surface area contributed by atoms with Crippen molar-refractivity contribution >= 4 is 42.3 Å². The summed E-state index contributed by atoms with van der Waals surface area (Å²) in [4.78, 5) is 47.5. The fourth-order valence-electron chi connectivity index (χ4n) is 2.99. The van der Waals surface area contributed by atoms with E-state index >= 15 is 0 Å². The summed E-state index contributed by atoms with van der Waals surface area (Å²) in [5.41, 5.74) is -0.761. The lowest BCUT2D eigenvalue weighted by Gasteiger charge is -2.41. The molecule has 1 aliphatic heterocycles. The van der Waals surface area contributed by atoms with Gasteiger partial charge in [-0.3, -0.25) is 28.3 Å². The number of rotatable bonds is 11. The number of carbonyl (C=O) groups is 4. The van der Waals surface area contributed by atoms with E-state index in [-0.39, 0.29) is 42.7 Å². The predicted molar refractivity (Wildman–Crippen MR) is 121 cm³/mol. The van der Waals surface area contributed by atoms with Crippen LogP contribution in [-0.2, 0) is 37.5 Å². The second kappa shape index (κ2) is 12.7. The van der Waals surface area contributed by atoms with Gasteiger partial charge in [0.25, 0.3) is 0 Å². The quantitative estimate of drug-likeness (QED) is 0.251. The molecule has 1 fully saturated rings. The maximum absolute atomic E-state index is 13.2. The van der Waals surface area contributed by atoms with E-state index < -0.39 is 36.9 Å². The molecule has 1 aliphatic rings. The molecule has 1 heterocycles. The van der Waals surface area contributed by atoms with Crippen LogP contribution in [0.5, 0.6) is 0 Å². The van der Waals surface area contributed by atoms with Crippen LogP contribution in [0.1, 0.15) is 41.0 Å². The van der Waals surface area contributed by atoms with Gasteiger partial charge >= 0.3 is 13.6 Å². The van der Waals surface area contributed by atoms with E-state index in [1.165, 1.54) is 14.0 Å². The highest BCUT2D eigenvalue weighted by Crippen LogP contribution is 2.57. The van der Waals surface area contributed by atoms with E-state index in [0.717, 1.165) is 11.8 Å². The van der Waals surface area contributed by atoms with Gasteiger partial charge in [-0.2, -0.15) is 0 Å². The minimum Gasteiger partial charge on any atom is -0.469 e. The number of thioether (sulfide) groups is 1. The van der Waals surface area contributed by atoms with E-state index in [2.05, 4.69) is 10.6 Å². The van der Waals surface area contributed by atoms with Gasteiger partial charge in [-0.05, 0) is 5.92 Å². The van der Waals surface area contributed by atoms with Crippen molar-refractivity contribution in [3.8, 4) is 0 Å². The third-order valence-corrected chi connectivity index (χ3v) is 7.67. The largest absolute Gasteiger partial charge is 0.469 e. The summed E-state index contributed by atoms with van der Waals surface area (Å²) in [7, 11) is -2.47. The molecule has 0 saturated carbocycles. The van der Waals surface area contributed by atoms with Crippen LogP contribution in [0.25, 0.3) is 0 Å². The van der Waals surface area contributed by atoms with Crippen molar-refractivity contribution in [3.63, 3.8) is 0 Å². The van der Waals surface area contributed by atoms with E-state index in [4.69, 9.17) is 13.8 Å². The van der Waals surface area contributed by atoms with E-state index in [1.807, 2.05) is 0 Å². The number of nitrogens with one attached hydrogen (secondary N) is 2. The van der Waals surface area contributed by atoms with Gasteiger partial charge in [-0.25, -0.2) is 0 Å². The van der Waals surface area contributed by atoms with Gasteiger partial charge < -0.3 is 19.9 Å². The molecule has 0 bridgehead atoms. The molecule has 0 aromatic heterocycles. The van der Waals surface area contributed by atoms with Crippen LogP contribution in [0.2, 0.25) is 0 Å². The van der Waals surface area contributed by atoms with Crippen molar-refractivity contribution in [2.24, 2.45) is 17.3 Å². The summed E-state index contributed by atoms with van der Waals surface area (Å²) in [6.07, 6.45) is -1.20. The molecule has 12 heteroatoms. The third-order valence-electron chi connectivity index (χ3n) is 4.96. The average molecular weight is 495 g/mol. The Labute approximate surface area is 193 Å². The molecule has 0 aromatic carbocycles. The molecule has 0 radical (unpaired) electrons. The Hall–Kier alpha value is -1.42. The highest BCUT2D eigenvalue weighted by molar-refractivity contribution is 8.13. The zero-order valence-electron chi connectivity index (χ0n) is 19.6. The highest BCUT2D eigenvalue weighted by atomic mass is 32.2. The molecule has 32 heavy (non-hydrogen) atoms. The van der Waals surface area contributed by atoms with Crippen LogP contribution in [-0.4, -0.2) is 67.7 Å². The minimum absolute atomic E-state index is 0.0165. The summed E-state index contributed by atoms with van der Waals surface area (Å²) < 4.78 is 29.2. The van der Waals surface area contributed by atoms with Crippen LogP contribution in [0.4, 0.5) is 0 Å². The molecule has 0 unspecified atom stereocenters. The zero-order valence-corrected chi connectivity index (χ0v) is 21.3. The molecule has 0 aliphatic carbocycles. The molecule has 3 atom stereocenters. The van der Waals surface area contributed by atoms with Gasteiger partial charge in [-0.15, -0.1) is 0 Å². The SMILES string of the molecule is COC(=O)[C@@H](C[P@]1(=O)OCC(C)(C)[C@H](C(=O)NCCC(=O)NCCSC(C)=O)O1)C(C)C. The van der Waals surface area contributed by atoms with Crippen molar-refractivity contribution in [1.82, 2.24) is 10.6 Å². The lowest BCUT2D eigenvalue weighted by atomic mass is 9.87. The van der Waals surface area contributed by atoms with Gasteiger partial charge in [-0.1, -0.05) is 39.5 Å². The standard InChI is InChI=1S/C20H35N2O8PS/c1-13(2)15(19(26)28-6)11-31(27)29-12-20(4,5)17(30-31)18(25)22-8-7-16(24)21-9-10-32-14(3)23/h13,15,17H,7-12H2,1-6H3,(H,21,24)(H,22,25)/t15-,17-,31-/m0/s1. The number of esters is 1. The second-order valence-electron chi connectivity index (χ2n) is 8.65. The summed E-state index contributed by atoms with van der Waals surface area (Å²) in [5.74, 6) is -1.64. The lowest BCUT2D eigenvalue weighted by Crippen LogP contribution is -2.50. The van der Waals surface area contributed by atoms with Crippen molar-refractivity contribution in [2.75, 3.05) is 38.7 Å². The molecular formula is C20H35N2O8PS. The summed E-state index contributed by atoms with van der Waals surface area (Å²) in [5, 5.41) is 5.29. The zero-order chi connectivity index (χ0) is 24.5. The smallest absolute Gasteiger partial charge is 0.332 e. The van der Waals surface area contributed by atoms with Crippen molar-refractivity contribution in [3.05, 3.63) is 0 Å². The monoisotopic (exact) mass is 494 g/mol. The summed E-state index contributed by atoms with van der Waals surface area (Å²) in [6, 6.07) is 0. The lowest BCUT2D eigenvalue weighted by molar-refractivity contribution is -0.146. The van der Waals surface area contributed by atoms with E-state index in [1.54, 1.807) is 27.7 Å². The third kappa shape index (κ3) is 9.21. The maximum atomic E-state index is 13.2. The van der Waals surface area contributed by atoms with Crippen molar-refractivity contribution in [2.45, 2.75) is 47.1 Å². The van der Waals surface area contributed by atoms with Gasteiger partial charge in [0.1, 0.15) is 0 Å². The van der Waals surface area contributed by atoms with Crippen LogP contribution >= 0.6 is 19.4 Å². The molecule has 184 valence electrons. The molecular weight excluding hydrogens is 459 g/mol. The number of ether oxygens (including phenoxy) is 1. The van der Waals surface area contributed by atoms with E-state index in [9.17, 15) is 23.7 Å². The Bertz CT molecular complexity index is 743. The predicted octanol–water partition coefficient (Wildman–Crippen LogP) is 1.97. The first kappa shape index (κ1) is 28.6. The van der Waals surface area contributed by atoms with Gasteiger partial charge in [0.15, 0.2) is 11.2 Å². The molecule has 2 amide bonds. The van der Waals surface area contributed by atoms with Crippen molar-refractivity contribution in [1.29, 1.82) is 0 Å². The van der Waals surface area contributed by atoms with E-state index in [0.29, 0.717) is 12.3 Å². The van der Waals surface area contributed by atoms with Crippen molar-refractivity contribution < 1.29 is 37.5 Å².